The van der Waals surface area contributed by atoms with E-state index in [-0.39, 0.29) is 11.9 Å². The Balaban J connectivity index is 1.68. The molecule has 0 spiro atoms. The fraction of sp³-hybridized carbons (Fsp3) is 0.273. The lowest BCUT2D eigenvalue weighted by molar-refractivity contribution is 0.0928. The highest BCUT2D eigenvalue weighted by atomic mass is 16.1. The predicted octanol–water partition coefficient (Wildman–Crippen LogP) is 4.39. The first kappa shape index (κ1) is 17.9. The molecule has 0 saturated heterocycles. The molecule has 1 heterocycles. The fourth-order valence-corrected chi connectivity index (χ4v) is 3.11. The normalized spacial score (nSPS) is 12.1. The number of aromatic nitrogens is 2. The van der Waals surface area contributed by atoms with E-state index in [9.17, 15) is 4.79 Å². The Kier molecular flexibility index (Phi) is 5.84. The molecule has 4 heteroatoms. The van der Waals surface area contributed by atoms with Crippen molar-refractivity contribution in [2.45, 2.75) is 32.9 Å². The quantitative estimate of drug-likeness (QED) is 0.689. The number of imidazole rings is 1. The summed E-state index contributed by atoms with van der Waals surface area (Å²) >= 11 is 0. The van der Waals surface area contributed by atoms with E-state index >= 15 is 0 Å². The van der Waals surface area contributed by atoms with Crippen molar-refractivity contribution in [1.82, 2.24) is 14.9 Å². The molecule has 26 heavy (non-hydrogen) atoms. The van der Waals surface area contributed by atoms with Gasteiger partial charge in [-0.15, -0.1) is 0 Å². The fourth-order valence-electron chi connectivity index (χ4n) is 3.11. The highest BCUT2D eigenvalue weighted by Gasteiger charge is 2.16. The summed E-state index contributed by atoms with van der Waals surface area (Å²) in [6.45, 7) is 5.06. The topological polar surface area (TPSA) is 46.9 Å². The van der Waals surface area contributed by atoms with Crippen molar-refractivity contribution in [2.75, 3.05) is 0 Å². The zero-order valence-corrected chi connectivity index (χ0v) is 15.3. The Morgan fingerprint density at radius 3 is 2.35 bits per heavy atom. The number of nitrogens with zero attached hydrogens (tertiary/aromatic N) is 2. The zero-order chi connectivity index (χ0) is 18.4. The molecule has 0 aliphatic heterocycles. The van der Waals surface area contributed by atoms with Crippen molar-refractivity contribution < 1.29 is 4.79 Å². The van der Waals surface area contributed by atoms with E-state index in [0.29, 0.717) is 11.5 Å². The van der Waals surface area contributed by atoms with Gasteiger partial charge in [0, 0.05) is 30.5 Å². The van der Waals surface area contributed by atoms with E-state index in [4.69, 9.17) is 0 Å². The van der Waals surface area contributed by atoms with Crippen molar-refractivity contribution in [3.8, 4) is 11.1 Å². The molecule has 1 atom stereocenters. The Bertz CT molecular complexity index is 808. The molecule has 0 fully saturated rings. The van der Waals surface area contributed by atoms with Crippen molar-refractivity contribution in [1.29, 1.82) is 0 Å². The number of amides is 1. The van der Waals surface area contributed by atoms with Gasteiger partial charge >= 0.3 is 0 Å². The molecule has 0 bridgehead atoms. The molecule has 4 nitrogen and oxygen atoms in total. The number of carbonyl (C=O) groups is 1. The van der Waals surface area contributed by atoms with Gasteiger partial charge in [0.15, 0.2) is 0 Å². The minimum Gasteiger partial charge on any atom is -0.347 e. The third kappa shape index (κ3) is 4.82. The molecule has 1 amide bonds. The highest BCUT2D eigenvalue weighted by Crippen LogP contribution is 2.19. The van der Waals surface area contributed by atoms with Crippen LogP contribution in [0.25, 0.3) is 11.1 Å². The molecule has 1 N–H and O–H groups in total. The third-order valence-corrected chi connectivity index (χ3v) is 4.34. The van der Waals surface area contributed by atoms with Gasteiger partial charge in [0.25, 0.3) is 5.91 Å². The van der Waals surface area contributed by atoms with E-state index in [1.165, 1.54) is 0 Å². The van der Waals surface area contributed by atoms with Crippen LogP contribution in [-0.4, -0.2) is 21.5 Å². The summed E-state index contributed by atoms with van der Waals surface area (Å²) in [5, 5.41) is 3.17. The standard InChI is InChI=1S/C22H25N3O/c1-17(2)14-21(15-25-13-12-23-16-25)24-22(26)20-10-8-19(9-11-20)18-6-4-3-5-7-18/h3-13,16-17,21H,14-15H2,1-2H3,(H,24,26)/t21-/m0/s1. The summed E-state index contributed by atoms with van der Waals surface area (Å²) < 4.78 is 2.01. The first-order valence-electron chi connectivity index (χ1n) is 9.04. The summed E-state index contributed by atoms with van der Waals surface area (Å²) in [6, 6.07) is 18.0. The van der Waals surface area contributed by atoms with Crippen LogP contribution in [0.15, 0.2) is 73.3 Å². The maximum atomic E-state index is 12.7. The average Bonchev–Trinajstić information content (AvgIpc) is 3.15. The first-order valence-corrected chi connectivity index (χ1v) is 9.04. The Labute approximate surface area is 154 Å². The lowest BCUT2D eigenvalue weighted by Gasteiger charge is -2.21. The molecule has 1 aromatic heterocycles. The molecule has 3 aromatic rings. The van der Waals surface area contributed by atoms with Crippen LogP contribution in [-0.2, 0) is 6.54 Å². The second kappa shape index (κ2) is 8.48. The average molecular weight is 347 g/mol. The van der Waals surface area contributed by atoms with E-state index in [2.05, 4.69) is 36.3 Å². The van der Waals surface area contributed by atoms with E-state index in [1.54, 1.807) is 12.5 Å². The van der Waals surface area contributed by atoms with E-state index in [1.807, 2.05) is 53.2 Å². The van der Waals surface area contributed by atoms with Crippen LogP contribution < -0.4 is 5.32 Å². The molecule has 0 saturated carbocycles. The zero-order valence-electron chi connectivity index (χ0n) is 15.3. The molecule has 3 rings (SSSR count). The second-order valence-corrected chi connectivity index (χ2v) is 7.00. The summed E-state index contributed by atoms with van der Waals surface area (Å²) in [5.41, 5.74) is 2.95. The lowest BCUT2D eigenvalue weighted by atomic mass is 10.0. The summed E-state index contributed by atoms with van der Waals surface area (Å²) in [7, 11) is 0. The van der Waals surface area contributed by atoms with E-state index < -0.39 is 0 Å². The summed E-state index contributed by atoms with van der Waals surface area (Å²) in [6.07, 6.45) is 6.39. The smallest absolute Gasteiger partial charge is 0.251 e. The number of benzene rings is 2. The Morgan fingerprint density at radius 2 is 1.73 bits per heavy atom. The maximum Gasteiger partial charge on any atom is 0.251 e. The monoisotopic (exact) mass is 347 g/mol. The molecule has 0 unspecified atom stereocenters. The molecule has 2 aromatic carbocycles. The molecular weight excluding hydrogens is 322 g/mol. The largest absolute Gasteiger partial charge is 0.347 e. The number of hydrogen-bond donors (Lipinski definition) is 1. The van der Waals surface area contributed by atoms with Gasteiger partial charge in [-0.1, -0.05) is 56.3 Å². The highest BCUT2D eigenvalue weighted by molar-refractivity contribution is 5.94. The molecular formula is C22H25N3O. The van der Waals surface area contributed by atoms with Crippen LogP contribution in [0.4, 0.5) is 0 Å². The van der Waals surface area contributed by atoms with Crippen LogP contribution in [0.3, 0.4) is 0 Å². The van der Waals surface area contributed by atoms with Crippen LogP contribution in [0.1, 0.15) is 30.6 Å². The lowest BCUT2D eigenvalue weighted by Crippen LogP contribution is -2.38. The Hall–Kier alpha value is -2.88. The minimum atomic E-state index is -0.0321. The van der Waals surface area contributed by atoms with Crippen molar-refractivity contribution in [2.24, 2.45) is 5.92 Å². The Morgan fingerprint density at radius 1 is 1.04 bits per heavy atom. The van der Waals surface area contributed by atoms with Crippen molar-refractivity contribution in [3.05, 3.63) is 78.9 Å². The number of nitrogens with one attached hydrogen (secondary N) is 1. The molecule has 0 radical (unpaired) electrons. The van der Waals surface area contributed by atoms with Crippen LogP contribution in [0, 0.1) is 5.92 Å². The number of carbonyl (C=O) groups excluding carboxylic acids is 1. The summed E-state index contributed by atoms with van der Waals surface area (Å²) in [4.78, 5) is 16.8. The van der Waals surface area contributed by atoms with Crippen molar-refractivity contribution >= 4 is 5.91 Å². The third-order valence-electron chi connectivity index (χ3n) is 4.34. The van der Waals surface area contributed by atoms with Crippen LogP contribution >= 0.6 is 0 Å². The van der Waals surface area contributed by atoms with Gasteiger partial charge in [-0.25, -0.2) is 4.98 Å². The predicted molar refractivity (Wildman–Crippen MR) is 105 cm³/mol. The van der Waals surface area contributed by atoms with Gasteiger partial charge in [-0.2, -0.15) is 0 Å². The van der Waals surface area contributed by atoms with Gasteiger partial charge < -0.3 is 9.88 Å². The number of rotatable bonds is 7. The van der Waals surface area contributed by atoms with Crippen LogP contribution in [0.2, 0.25) is 0 Å². The minimum absolute atomic E-state index is 0.0321. The summed E-state index contributed by atoms with van der Waals surface area (Å²) in [5.74, 6) is 0.472. The molecule has 0 aliphatic carbocycles. The molecule has 0 aliphatic rings. The molecule has 134 valence electrons. The number of hydrogen-bond acceptors (Lipinski definition) is 2. The van der Waals surface area contributed by atoms with Gasteiger partial charge in [-0.05, 0) is 35.6 Å². The first-order chi connectivity index (χ1) is 12.6. The van der Waals surface area contributed by atoms with Gasteiger partial charge in [0.05, 0.1) is 6.33 Å². The van der Waals surface area contributed by atoms with E-state index in [0.717, 1.165) is 24.1 Å². The van der Waals surface area contributed by atoms with Crippen molar-refractivity contribution in [3.63, 3.8) is 0 Å². The van der Waals surface area contributed by atoms with Gasteiger partial charge in [0.2, 0.25) is 0 Å². The van der Waals surface area contributed by atoms with Crippen LogP contribution in [0.5, 0.6) is 0 Å². The SMILES string of the molecule is CC(C)C[C@@H](Cn1ccnc1)NC(=O)c1ccc(-c2ccccc2)cc1. The second-order valence-electron chi connectivity index (χ2n) is 7.00. The van der Waals surface area contributed by atoms with Gasteiger partial charge in [0.1, 0.15) is 0 Å². The maximum absolute atomic E-state index is 12.7. The van der Waals surface area contributed by atoms with Gasteiger partial charge in [-0.3, -0.25) is 4.79 Å².